The van der Waals surface area contributed by atoms with E-state index in [0.717, 1.165) is 41.5 Å². The zero-order valence-corrected chi connectivity index (χ0v) is 13.3. The van der Waals surface area contributed by atoms with Gasteiger partial charge in [-0.2, -0.15) is 0 Å². The Kier molecular flexibility index (Phi) is 3.59. The van der Waals surface area contributed by atoms with Crippen molar-refractivity contribution >= 4 is 28.9 Å². The molecule has 0 spiro atoms. The molecule has 0 radical (unpaired) electrons. The summed E-state index contributed by atoms with van der Waals surface area (Å²) in [5.41, 5.74) is 0. The maximum Gasteiger partial charge on any atom is 0.192 e. The van der Waals surface area contributed by atoms with Gasteiger partial charge in [-0.25, -0.2) is 0 Å². The molecule has 21 heavy (non-hydrogen) atoms. The zero-order chi connectivity index (χ0) is 14.2. The Morgan fingerprint density at radius 3 is 2.86 bits per heavy atom. The molecule has 2 aromatic rings. The highest BCUT2D eigenvalue weighted by molar-refractivity contribution is 8.00. The molecule has 0 bridgehead atoms. The summed E-state index contributed by atoms with van der Waals surface area (Å²) in [5, 5.41) is 11.9. The van der Waals surface area contributed by atoms with Crippen molar-refractivity contribution in [1.29, 1.82) is 0 Å². The summed E-state index contributed by atoms with van der Waals surface area (Å²) in [6.45, 7) is 0. The van der Waals surface area contributed by atoms with Gasteiger partial charge in [-0.05, 0) is 37.1 Å². The minimum atomic E-state index is 0.0802. The van der Waals surface area contributed by atoms with Gasteiger partial charge in [0.25, 0.3) is 0 Å². The van der Waals surface area contributed by atoms with E-state index < -0.39 is 0 Å². The number of thioether (sulfide) groups is 1. The lowest BCUT2D eigenvalue weighted by Gasteiger charge is -2.19. The summed E-state index contributed by atoms with van der Waals surface area (Å²) >= 11 is 3.33. The Bertz CT molecular complexity index is 646. The van der Waals surface area contributed by atoms with Crippen LogP contribution in [0.25, 0.3) is 10.7 Å². The Labute approximate surface area is 132 Å². The van der Waals surface area contributed by atoms with E-state index in [0.29, 0.717) is 11.8 Å². The van der Waals surface area contributed by atoms with Crippen LogP contribution in [0.15, 0.2) is 22.7 Å². The zero-order valence-electron chi connectivity index (χ0n) is 11.7. The van der Waals surface area contributed by atoms with Gasteiger partial charge in [0.2, 0.25) is 0 Å². The van der Waals surface area contributed by atoms with Gasteiger partial charge in [0, 0.05) is 12.5 Å². The highest BCUT2D eigenvalue weighted by Crippen LogP contribution is 2.43. The summed E-state index contributed by atoms with van der Waals surface area (Å²) in [7, 11) is 0. The Morgan fingerprint density at radius 1 is 1.24 bits per heavy atom. The number of nitrogens with zero attached hydrogens (tertiary/aromatic N) is 3. The molecule has 0 saturated heterocycles. The van der Waals surface area contributed by atoms with Gasteiger partial charge in [-0.15, -0.1) is 21.5 Å². The molecular formula is C15H17N3OS2. The van der Waals surface area contributed by atoms with E-state index in [1.807, 2.05) is 6.07 Å². The van der Waals surface area contributed by atoms with Gasteiger partial charge < -0.3 is 0 Å². The smallest absolute Gasteiger partial charge is 0.192 e. The van der Waals surface area contributed by atoms with Crippen LogP contribution in [-0.2, 0) is 4.79 Å². The van der Waals surface area contributed by atoms with Crippen LogP contribution in [0.2, 0.25) is 0 Å². The molecule has 4 nitrogen and oxygen atoms in total. The van der Waals surface area contributed by atoms with Gasteiger partial charge in [0.15, 0.2) is 11.0 Å². The lowest BCUT2D eigenvalue weighted by molar-refractivity contribution is -0.119. The first-order valence-corrected chi connectivity index (χ1v) is 9.27. The molecule has 110 valence electrons. The number of hydrogen-bond donors (Lipinski definition) is 0. The normalized spacial score (nSPS) is 22.7. The Balaban J connectivity index is 1.64. The Hall–Kier alpha value is -1.14. The summed E-state index contributed by atoms with van der Waals surface area (Å²) in [6.07, 6.45) is 6.30. The lowest BCUT2D eigenvalue weighted by Crippen LogP contribution is -2.21. The van der Waals surface area contributed by atoms with Crippen molar-refractivity contribution in [3.05, 3.63) is 17.5 Å². The maximum atomic E-state index is 12.1. The SMILES string of the molecule is O=C1CCCC[C@H]1Sc1nnc(-c2cccs2)n1C1CC1. The van der Waals surface area contributed by atoms with Crippen molar-refractivity contribution in [3.8, 4) is 10.7 Å². The van der Waals surface area contributed by atoms with Crippen LogP contribution in [0, 0.1) is 0 Å². The largest absolute Gasteiger partial charge is 0.298 e. The number of aromatic nitrogens is 3. The summed E-state index contributed by atoms with van der Waals surface area (Å²) in [6, 6.07) is 4.66. The number of thiophene rings is 1. The predicted octanol–water partition coefficient (Wildman–Crippen LogP) is 3.95. The van der Waals surface area contributed by atoms with Crippen molar-refractivity contribution < 1.29 is 4.79 Å². The highest BCUT2D eigenvalue weighted by Gasteiger charge is 2.33. The molecule has 2 aliphatic carbocycles. The second kappa shape index (κ2) is 5.57. The van der Waals surface area contributed by atoms with Crippen LogP contribution in [-0.4, -0.2) is 25.8 Å². The first-order valence-electron chi connectivity index (χ1n) is 7.51. The van der Waals surface area contributed by atoms with E-state index in [9.17, 15) is 4.79 Å². The van der Waals surface area contributed by atoms with Crippen molar-refractivity contribution in [2.45, 2.75) is 55.0 Å². The highest BCUT2D eigenvalue weighted by atomic mass is 32.2. The van der Waals surface area contributed by atoms with Crippen molar-refractivity contribution in [3.63, 3.8) is 0 Å². The fraction of sp³-hybridized carbons (Fsp3) is 0.533. The molecular weight excluding hydrogens is 302 g/mol. The van der Waals surface area contributed by atoms with Crippen LogP contribution in [0.3, 0.4) is 0 Å². The van der Waals surface area contributed by atoms with E-state index >= 15 is 0 Å². The van der Waals surface area contributed by atoms with Crippen molar-refractivity contribution in [2.24, 2.45) is 0 Å². The van der Waals surface area contributed by atoms with Gasteiger partial charge in [-0.1, -0.05) is 24.2 Å². The third-order valence-electron chi connectivity index (χ3n) is 4.06. The molecule has 4 rings (SSSR count). The third kappa shape index (κ3) is 2.66. The van der Waals surface area contributed by atoms with Crippen LogP contribution in [0.5, 0.6) is 0 Å². The number of rotatable bonds is 4. The number of ketones is 1. The second-order valence-corrected chi connectivity index (χ2v) is 7.82. The molecule has 0 aliphatic heterocycles. The fourth-order valence-electron chi connectivity index (χ4n) is 2.80. The van der Waals surface area contributed by atoms with Gasteiger partial charge >= 0.3 is 0 Å². The number of carbonyl (C=O) groups is 1. The summed E-state index contributed by atoms with van der Waals surface area (Å²) in [4.78, 5) is 13.2. The van der Waals surface area contributed by atoms with E-state index in [-0.39, 0.29) is 5.25 Å². The van der Waals surface area contributed by atoms with Crippen molar-refractivity contribution in [1.82, 2.24) is 14.8 Å². The van der Waals surface area contributed by atoms with E-state index in [1.54, 1.807) is 23.1 Å². The number of hydrogen-bond acceptors (Lipinski definition) is 5. The predicted molar refractivity (Wildman–Crippen MR) is 84.7 cm³/mol. The first-order chi connectivity index (χ1) is 10.3. The average molecular weight is 319 g/mol. The van der Waals surface area contributed by atoms with Crippen LogP contribution in [0.1, 0.15) is 44.6 Å². The summed E-state index contributed by atoms with van der Waals surface area (Å²) < 4.78 is 2.26. The molecule has 0 amide bonds. The van der Waals surface area contributed by atoms with Crippen LogP contribution < -0.4 is 0 Å². The monoisotopic (exact) mass is 319 g/mol. The third-order valence-corrected chi connectivity index (χ3v) is 6.20. The first kappa shape index (κ1) is 13.5. The average Bonchev–Trinajstić information content (AvgIpc) is 3.02. The second-order valence-electron chi connectivity index (χ2n) is 5.70. The fourth-order valence-corrected chi connectivity index (χ4v) is 4.73. The lowest BCUT2D eigenvalue weighted by atomic mass is 9.99. The topological polar surface area (TPSA) is 47.8 Å². The van der Waals surface area contributed by atoms with Crippen molar-refractivity contribution in [2.75, 3.05) is 0 Å². The quantitative estimate of drug-likeness (QED) is 0.856. The van der Waals surface area contributed by atoms with Gasteiger partial charge in [-0.3, -0.25) is 9.36 Å². The molecule has 0 aromatic carbocycles. The summed E-state index contributed by atoms with van der Waals surface area (Å²) in [5.74, 6) is 1.35. The van der Waals surface area contributed by atoms with E-state index in [4.69, 9.17) is 0 Å². The molecule has 1 atom stereocenters. The minimum absolute atomic E-state index is 0.0802. The molecule has 2 fully saturated rings. The molecule has 2 saturated carbocycles. The maximum absolute atomic E-state index is 12.1. The van der Waals surface area contributed by atoms with Crippen LogP contribution >= 0.6 is 23.1 Å². The van der Waals surface area contributed by atoms with Crippen LogP contribution in [0.4, 0.5) is 0 Å². The standard InChI is InChI=1S/C15H17N3OS2/c19-11-4-1-2-5-12(11)21-15-17-16-14(13-6-3-9-20-13)18(15)10-7-8-10/h3,6,9-10,12H,1-2,4-5,7-8H2/t12-/m1/s1. The molecule has 2 aromatic heterocycles. The van der Waals surface area contributed by atoms with Gasteiger partial charge in [0.05, 0.1) is 10.1 Å². The molecule has 6 heteroatoms. The van der Waals surface area contributed by atoms with E-state index in [1.165, 1.54) is 12.8 Å². The number of Topliss-reactive ketones (excluding diaryl/α,β-unsaturated/α-hetero) is 1. The van der Waals surface area contributed by atoms with Gasteiger partial charge in [0.1, 0.15) is 5.78 Å². The molecule has 0 unspecified atom stereocenters. The number of carbonyl (C=O) groups excluding carboxylic acids is 1. The molecule has 2 heterocycles. The molecule has 0 N–H and O–H groups in total. The molecule has 2 aliphatic rings. The van der Waals surface area contributed by atoms with E-state index in [2.05, 4.69) is 26.2 Å². The minimum Gasteiger partial charge on any atom is -0.298 e. The Morgan fingerprint density at radius 2 is 2.14 bits per heavy atom.